The maximum Gasteiger partial charge on any atom is 0.150 e. The highest BCUT2D eigenvalue weighted by molar-refractivity contribution is 5.93. The lowest BCUT2D eigenvalue weighted by molar-refractivity contribution is 0.112. The number of hydrogen-bond donors (Lipinski definition) is 1. The molecule has 1 aromatic heterocycles. The van der Waals surface area contributed by atoms with Crippen LogP contribution in [0.2, 0.25) is 0 Å². The molecule has 0 aliphatic rings. The van der Waals surface area contributed by atoms with Gasteiger partial charge in [0.2, 0.25) is 0 Å². The molecular formula is C15H14N6O. The minimum absolute atomic E-state index is 0.604. The molecule has 3 aromatic rings. The van der Waals surface area contributed by atoms with Crippen LogP contribution >= 0.6 is 0 Å². The Morgan fingerprint density at radius 1 is 1.09 bits per heavy atom. The number of rotatable bonds is 4. The van der Waals surface area contributed by atoms with Crippen molar-refractivity contribution in [1.82, 2.24) is 15.4 Å². The molecule has 7 nitrogen and oxygen atoms in total. The van der Waals surface area contributed by atoms with E-state index in [0.717, 1.165) is 23.0 Å². The van der Waals surface area contributed by atoms with Crippen LogP contribution in [0, 0.1) is 0 Å². The fraction of sp³-hybridized carbons (Fsp3) is 0.133. The van der Waals surface area contributed by atoms with Crippen molar-refractivity contribution >= 4 is 34.4 Å². The molecule has 0 aliphatic heterocycles. The van der Waals surface area contributed by atoms with Crippen molar-refractivity contribution in [2.45, 2.75) is 0 Å². The highest BCUT2D eigenvalue weighted by Crippen LogP contribution is 2.34. The Balaban J connectivity index is 2.04. The van der Waals surface area contributed by atoms with Gasteiger partial charge in [-0.05, 0) is 36.4 Å². The van der Waals surface area contributed by atoms with Gasteiger partial charge in [-0.3, -0.25) is 9.89 Å². The number of benzene rings is 2. The summed E-state index contributed by atoms with van der Waals surface area (Å²) in [6.45, 7) is 0. The lowest BCUT2D eigenvalue weighted by atomic mass is 10.2. The lowest BCUT2D eigenvalue weighted by Crippen LogP contribution is -2.08. The molecule has 22 heavy (non-hydrogen) atoms. The number of aromatic amines is 1. The van der Waals surface area contributed by atoms with E-state index >= 15 is 0 Å². The molecule has 2 aromatic carbocycles. The SMILES string of the molecule is CN(C)c1ccc2nn[nH]c2c1/N=N/c1ccc(C=O)cc1. The second-order valence-electron chi connectivity index (χ2n) is 4.94. The standard InChI is InChI=1S/C15H14N6O/c1-21(2)13-8-7-12-14(19-20-17-12)15(13)18-16-11-5-3-10(9-22)4-6-11/h3-9H,1-2H3,(H,17,19,20)/b18-16+. The van der Waals surface area contributed by atoms with Crippen LogP contribution in [0.25, 0.3) is 11.0 Å². The summed E-state index contributed by atoms with van der Waals surface area (Å²) >= 11 is 0. The predicted molar refractivity (Wildman–Crippen MR) is 84.2 cm³/mol. The quantitative estimate of drug-likeness (QED) is 0.591. The molecule has 0 radical (unpaired) electrons. The molecule has 0 spiro atoms. The van der Waals surface area contributed by atoms with Gasteiger partial charge in [0, 0.05) is 19.7 Å². The molecule has 0 fully saturated rings. The van der Waals surface area contributed by atoms with Crippen molar-refractivity contribution < 1.29 is 4.79 Å². The summed E-state index contributed by atoms with van der Waals surface area (Å²) in [6, 6.07) is 10.7. The minimum Gasteiger partial charge on any atom is -0.376 e. The van der Waals surface area contributed by atoms with Crippen LogP contribution in [0.3, 0.4) is 0 Å². The molecule has 0 amide bonds. The van der Waals surface area contributed by atoms with E-state index in [9.17, 15) is 4.79 Å². The van der Waals surface area contributed by atoms with Gasteiger partial charge in [-0.15, -0.1) is 10.2 Å². The van der Waals surface area contributed by atoms with Gasteiger partial charge in [0.15, 0.2) is 0 Å². The summed E-state index contributed by atoms with van der Waals surface area (Å²) in [6.07, 6.45) is 0.794. The Hall–Kier alpha value is -3.09. The zero-order valence-corrected chi connectivity index (χ0v) is 12.2. The molecule has 1 heterocycles. The molecule has 0 saturated carbocycles. The maximum atomic E-state index is 10.7. The van der Waals surface area contributed by atoms with E-state index in [1.807, 2.05) is 31.1 Å². The molecule has 0 aliphatic carbocycles. The van der Waals surface area contributed by atoms with E-state index < -0.39 is 0 Å². The number of H-pyrrole nitrogens is 1. The van der Waals surface area contributed by atoms with Crippen molar-refractivity contribution in [3.05, 3.63) is 42.0 Å². The number of nitrogens with one attached hydrogen (secondary N) is 1. The van der Waals surface area contributed by atoms with Crippen LogP contribution in [-0.4, -0.2) is 35.8 Å². The van der Waals surface area contributed by atoms with Crippen molar-refractivity contribution in [1.29, 1.82) is 0 Å². The van der Waals surface area contributed by atoms with E-state index in [-0.39, 0.29) is 0 Å². The molecular weight excluding hydrogens is 280 g/mol. The highest BCUT2D eigenvalue weighted by atomic mass is 16.1. The van der Waals surface area contributed by atoms with Gasteiger partial charge in [0.25, 0.3) is 0 Å². The number of aldehydes is 1. The summed E-state index contributed by atoms with van der Waals surface area (Å²) in [5.74, 6) is 0. The molecule has 7 heteroatoms. The first-order valence-electron chi connectivity index (χ1n) is 6.67. The van der Waals surface area contributed by atoms with Gasteiger partial charge in [0.05, 0.1) is 11.4 Å². The van der Waals surface area contributed by atoms with Crippen LogP contribution in [-0.2, 0) is 0 Å². The molecule has 0 bridgehead atoms. The topological polar surface area (TPSA) is 86.6 Å². The summed E-state index contributed by atoms with van der Waals surface area (Å²) in [7, 11) is 3.87. The van der Waals surface area contributed by atoms with E-state index in [1.54, 1.807) is 24.3 Å². The minimum atomic E-state index is 0.604. The summed E-state index contributed by atoms with van der Waals surface area (Å²) < 4.78 is 0. The molecule has 0 unspecified atom stereocenters. The summed E-state index contributed by atoms with van der Waals surface area (Å²) in [5.41, 5.74) is 4.32. The normalized spacial score (nSPS) is 11.2. The van der Waals surface area contributed by atoms with Gasteiger partial charge >= 0.3 is 0 Å². The third-order valence-electron chi connectivity index (χ3n) is 3.23. The summed E-state index contributed by atoms with van der Waals surface area (Å²) in [4.78, 5) is 12.6. The number of nitrogens with zero attached hydrogens (tertiary/aromatic N) is 5. The van der Waals surface area contributed by atoms with Crippen LogP contribution in [0.5, 0.6) is 0 Å². The Labute approximate surface area is 126 Å². The van der Waals surface area contributed by atoms with Crippen LogP contribution in [0.15, 0.2) is 46.6 Å². The molecule has 0 atom stereocenters. The van der Waals surface area contributed by atoms with E-state index in [2.05, 4.69) is 25.6 Å². The zero-order valence-electron chi connectivity index (χ0n) is 12.2. The van der Waals surface area contributed by atoms with Gasteiger partial charge in [-0.25, -0.2) is 0 Å². The van der Waals surface area contributed by atoms with Crippen molar-refractivity contribution in [3.63, 3.8) is 0 Å². The second kappa shape index (κ2) is 5.72. The first-order valence-corrected chi connectivity index (χ1v) is 6.67. The molecule has 1 N–H and O–H groups in total. The number of fused-ring (bicyclic) bond motifs is 1. The van der Waals surface area contributed by atoms with Crippen molar-refractivity contribution in [2.75, 3.05) is 19.0 Å². The Kier molecular flexibility index (Phi) is 3.61. The second-order valence-corrected chi connectivity index (χ2v) is 4.94. The average Bonchev–Trinajstić information content (AvgIpc) is 3.01. The molecule has 110 valence electrons. The van der Waals surface area contributed by atoms with E-state index in [1.165, 1.54) is 0 Å². The Morgan fingerprint density at radius 3 is 2.55 bits per heavy atom. The monoisotopic (exact) mass is 294 g/mol. The Morgan fingerprint density at radius 2 is 1.86 bits per heavy atom. The zero-order chi connectivity index (χ0) is 15.5. The average molecular weight is 294 g/mol. The first kappa shape index (κ1) is 13.9. The van der Waals surface area contributed by atoms with Gasteiger partial charge in [-0.1, -0.05) is 5.21 Å². The van der Waals surface area contributed by atoms with Gasteiger partial charge in [0.1, 0.15) is 23.0 Å². The van der Waals surface area contributed by atoms with Crippen LogP contribution in [0.4, 0.5) is 17.1 Å². The smallest absolute Gasteiger partial charge is 0.150 e. The van der Waals surface area contributed by atoms with Crippen LogP contribution < -0.4 is 4.90 Å². The maximum absolute atomic E-state index is 10.7. The Bertz CT molecular complexity index is 835. The lowest BCUT2D eigenvalue weighted by Gasteiger charge is -2.14. The fourth-order valence-corrected chi connectivity index (χ4v) is 2.08. The largest absolute Gasteiger partial charge is 0.376 e. The van der Waals surface area contributed by atoms with E-state index in [0.29, 0.717) is 16.9 Å². The number of aromatic nitrogens is 3. The summed E-state index contributed by atoms with van der Waals surface area (Å²) in [5, 5.41) is 19.2. The number of azo groups is 1. The number of anilines is 1. The van der Waals surface area contributed by atoms with Crippen molar-refractivity contribution in [2.24, 2.45) is 10.2 Å². The van der Waals surface area contributed by atoms with Crippen molar-refractivity contribution in [3.8, 4) is 0 Å². The number of carbonyl (C=O) groups excluding carboxylic acids is 1. The number of carbonyl (C=O) groups is 1. The molecule has 0 saturated heterocycles. The third kappa shape index (κ3) is 2.56. The third-order valence-corrected chi connectivity index (χ3v) is 3.23. The van der Waals surface area contributed by atoms with Crippen LogP contribution in [0.1, 0.15) is 10.4 Å². The van der Waals surface area contributed by atoms with Gasteiger partial charge < -0.3 is 4.90 Å². The highest BCUT2D eigenvalue weighted by Gasteiger charge is 2.11. The first-order chi connectivity index (χ1) is 10.7. The van der Waals surface area contributed by atoms with E-state index in [4.69, 9.17) is 0 Å². The van der Waals surface area contributed by atoms with Gasteiger partial charge in [-0.2, -0.15) is 5.11 Å². The predicted octanol–water partition coefficient (Wildman–Crippen LogP) is 3.25. The molecule has 3 rings (SSSR count). The fourth-order valence-electron chi connectivity index (χ4n) is 2.08. The number of hydrogen-bond acceptors (Lipinski definition) is 6.